The van der Waals surface area contributed by atoms with Gasteiger partial charge in [-0.25, -0.2) is 0 Å². The van der Waals surface area contributed by atoms with Gasteiger partial charge in [-0.1, -0.05) is 31.5 Å². The zero-order valence-electron chi connectivity index (χ0n) is 16.2. The Balaban J connectivity index is 1.82. The van der Waals surface area contributed by atoms with Crippen LogP contribution >= 0.6 is 11.8 Å². The van der Waals surface area contributed by atoms with E-state index < -0.39 is 0 Å². The Morgan fingerprint density at radius 2 is 2.00 bits per heavy atom. The summed E-state index contributed by atoms with van der Waals surface area (Å²) in [6.07, 6.45) is 5.06. The molecule has 1 aliphatic rings. The van der Waals surface area contributed by atoms with Gasteiger partial charge >= 0.3 is 0 Å². The second kappa shape index (κ2) is 8.33. The first-order valence-electron chi connectivity index (χ1n) is 9.57. The largest absolute Gasteiger partial charge is 0.493 e. The number of thioether (sulfide) groups is 1. The Morgan fingerprint density at radius 3 is 2.67 bits per heavy atom. The molecule has 0 unspecified atom stereocenters. The number of Topliss-reactive ketones (excluding diaryl/α,β-unsaturated/α-hetero) is 1. The molecule has 0 spiro atoms. The van der Waals surface area contributed by atoms with Crippen LogP contribution in [0.25, 0.3) is 0 Å². The number of ketones is 1. The molecule has 1 saturated carbocycles. The number of aromatic nitrogens is 3. The van der Waals surface area contributed by atoms with Crippen molar-refractivity contribution in [1.29, 1.82) is 0 Å². The molecular weight excluding hydrogens is 362 g/mol. The fourth-order valence-corrected chi connectivity index (χ4v) is 4.87. The topological polar surface area (TPSA) is 77.1 Å². The average Bonchev–Trinajstić information content (AvgIpc) is 3.23. The van der Waals surface area contributed by atoms with Crippen LogP contribution in [0.5, 0.6) is 5.88 Å². The van der Waals surface area contributed by atoms with E-state index in [1.807, 2.05) is 19.9 Å². The van der Waals surface area contributed by atoms with Crippen LogP contribution in [0.4, 0.5) is 0 Å². The van der Waals surface area contributed by atoms with Crippen LogP contribution in [-0.2, 0) is 6.54 Å². The Kier molecular flexibility index (Phi) is 6.09. The standard InChI is InChI=1S/C20H27N3O3S/c1-4-9-22-13(2)10-16(14(22)3)17(24)12-27-20-21-18(25)11-19(26)23(20)15-7-5-6-8-15/h10-11,15,25H,4-9,12H2,1-3H3. The van der Waals surface area contributed by atoms with E-state index in [1.54, 1.807) is 4.57 Å². The van der Waals surface area contributed by atoms with Gasteiger partial charge in [0.05, 0.1) is 11.8 Å². The minimum absolute atomic E-state index is 0.0195. The van der Waals surface area contributed by atoms with E-state index in [-0.39, 0.29) is 29.0 Å². The first-order valence-corrected chi connectivity index (χ1v) is 10.6. The number of hydrogen-bond donors (Lipinski definition) is 1. The van der Waals surface area contributed by atoms with Crippen LogP contribution in [0.15, 0.2) is 22.1 Å². The van der Waals surface area contributed by atoms with Crippen molar-refractivity contribution in [3.63, 3.8) is 0 Å². The molecule has 2 aromatic heterocycles. The normalized spacial score (nSPS) is 14.8. The summed E-state index contributed by atoms with van der Waals surface area (Å²) in [4.78, 5) is 29.3. The van der Waals surface area contributed by atoms with Crippen molar-refractivity contribution < 1.29 is 9.90 Å². The molecule has 0 amide bonds. The molecule has 0 bridgehead atoms. The lowest BCUT2D eigenvalue weighted by Gasteiger charge is -2.17. The monoisotopic (exact) mass is 389 g/mol. The highest BCUT2D eigenvalue weighted by molar-refractivity contribution is 7.99. The predicted octanol–water partition coefficient (Wildman–Crippen LogP) is 3.87. The van der Waals surface area contributed by atoms with Gasteiger partial charge in [0, 0.05) is 29.5 Å². The number of carbonyl (C=O) groups is 1. The van der Waals surface area contributed by atoms with Gasteiger partial charge < -0.3 is 9.67 Å². The van der Waals surface area contributed by atoms with Crippen LogP contribution in [0, 0.1) is 13.8 Å². The molecule has 6 nitrogen and oxygen atoms in total. The zero-order valence-corrected chi connectivity index (χ0v) is 17.0. The number of carbonyl (C=O) groups excluding carboxylic acids is 1. The summed E-state index contributed by atoms with van der Waals surface area (Å²) in [5.41, 5.74) is 2.55. The predicted molar refractivity (Wildman–Crippen MR) is 107 cm³/mol. The molecule has 0 atom stereocenters. The molecule has 146 valence electrons. The molecule has 3 rings (SSSR count). The van der Waals surface area contributed by atoms with E-state index in [9.17, 15) is 14.7 Å². The Labute approximate surface area is 163 Å². The summed E-state index contributed by atoms with van der Waals surface area (Å²) in [7, 11) is 0. The van der Waals surface area contributed by atoms with Gasteiger partial charge in [-0.05, 0) is 39.2 Å². The van der Waals surface area contributed by atoms with E-state index in [0.717, 1.165) is 61.7 Å². The van der Waals surface area contributed by atoms with Crippen LogP contribution in [0.2, 0.25) is 0 Å². The quantitative estimate of drug-likeness (QED) is 0.442. The summed E-state index contributed by atoms with van der Waals surface area (Å²) in [6.45, 7) is 7.00. The van der Waals surface area contributed by atoms with E-state index >= 15 is 0 Å². The first-order chi connectivity index (χ1) is 12.9. The van der Waals surface area contributed by atoms with Gasteiger partial charge in [-0.2, -0.15) is 4.98 Å². The lowest BCUT2D eigenvalue weighted by Crippen LogP contribution is -2.25. The van der Waals surface area contributed by atoms with Crippen LogP contribution in [-0.4, -0.2) is 30.8 Å². The summed E-state index contributed by atoms with van der Waals surface area (Å²) in [5, 5.41) is 10.2. The van der Waals surface area contributed by atoms with Crippen molar-refractivity contribution in [1.82, 2.24) is 14.1 Å². The lowest BCUT2D eigenvalue weighted by molar-refractivity contribution is 0.102. The van der Waals surface area contributed by atoms with Gasteiger partial charge in [0.15, 0.2) is 10.9 Å². The molecule has 0 radical (unpaired) electrons. The van der Waals surface area contributed by atoms with Crippen LogP contribution in [0.3, 0.4) is 0 Å². The maximum atomic E-state index is 12.8. The third-order valence-corrected chi connectivity index (χ3v) is 6.20. The molecule has 1 aliphatic carbocycles. The zero-order chi connectivity index (χ0) is 19.6. The molecule has 2 aromatic rings. The fourth-order valence-electron chi connectivity index (χ4n) is 3.92. The third-order valence-electron chi connectivity index (χ3n) is 5.25. The van der Waals surface area contributed by atoms with E-state index in [2.05, 4.69) is 16.5 Å². The highest BCUT2D eigenvalue weighted by atomic mass is 32.2. The molecule has 2 heterocycles. The Hall–Kier alpha value is -2.02. The molecule has 0 aliphatic heterocycles. The molecule has 7 heteroatoms. The second-order valence-electron chi connectivity index (χ2n) is 7.19. The van der Waals surface area contributed by atoms with Crippen molar-refractivity contribution >= 4 is 17.5 Å². The third kappa shape index (κ3) is 4.13. The number of hydrogen-bond acceptors (Lipinski definition) is 5. The maximum Gasteiger partial charge on any atom is 0.258 e. The summed E-state index contributed by atoms with van der Waals surface area (Å²) in [6, 6.07) is 3.20. The SMILES string of the molecule is CCCn1c(C)cc(C(=O)CSc2nc(O)cc(=O)n2C2CCCC2)c1C. The average molecular weight is 390 g/mol. The maximum absolute atomic E-state index is 12.8. The molecule has 1 fully saturated rings. The number of aryl methyl sites for hydroxylation is 1. The Morgan fingerprint density at radius 1 is 1.30 bits per heavy atom. The van der Waals surface area contributed by atoms with Crippen molar-refractivity contribution in [2.24, 2.45) is 0 Å². The molecule has 1 N–H and O–H groups in total. The summed E-state index contributed by atoms with van der Waals surface area (Å²) < 4.78 is 3.82. The van der Waals surface area contributed by atoms with Gasteiger partial charge in [0.25, 0.3) is 5.56 Å². The second-order valence-corrected chi connectivity index (χ2v) is 8.13. The van der Waals surface area contributed by atoms with Crippen molar-refractivity contribution in [2.45, 2.75) is 70.6 Å². The number of nitrogens with zero attached hydrogens (tertiary/aromatic N) is 3. The van der Waals surface area contributed by atoms with Gasteiger partial charge in [0.1, 0.15) is 0 Å². The summed E-state index contributed by atoms with van der Waals surface area (Å²) >= 11 is 1.24. The van der Waals surface area contributed by atoms with Gasteiger partial charge in [-0.15, -0.1) is 0 Å². The highest BCUT2D eigenvalue weighted by Crippen LogP contribution is 2.32. The molecule has 27 heavy (non-hydrogen) atoms. The van der Waals surface area contributed by atoms with Crippen LogP contribution < -0.4 is 5.56 Å². The van der Waals surface area contributed by atoms with E-state index in [0.29, 0.717) is 5.16 Å². The van der Waals surface area contributed by atoms with Crippen molar-refractivity contribution in [2.75, 3.05) is 5.75 Å². The first kappa shape index (κ1) is 19.7. The number of aromatic hydroxyl groups is 1. The Bertz CT molecular complexity index is 895. The van der Waals surface area contributed by atoms with Crippen molar-refractivity contribution in [3.8, 4) is 5.88 Å². The van der Waals surface area contributed by atoms with Gasteiger partial charge in [0.2, 0.25) is 5.88 Å². The number of rotatable bonds is 7. The fraction of sp³-hybridized carbons (Fsp3) is 0.550. The van der Waals surface area contributed by atoms with E-state index in [4.69, 9.17) is 0 Å². The molecular formula is C20H27N3O3S. The van der Waals surface area contributed by atoms with Gasteiger partial charge in [-0.3, -0.25) is 14.2 Å². The van der Waals surface area contributed by atoms with Crippen LogP contribution in [0.1, 0.15) is 66.8 Å². The lowest BCUT2D eigenvalue weighted by atomic mass is 10.2. The van der Waals surface area contributed by atoms with E-state index in [1.165, 1.54) is 11.8 Å². The molecule has 0 aromatic carbocycles. The highest BCUT2D eigenvalue weighted by Gasteiger charge is 2.23. The minimum atomic E-state index is -0.287. The minimum Gasteiger partial charge on any atom is -0.493 e. The smallest absolute Gasteiger partial charge is 0.258 e. The van der Waals surface area contributed by atoms with Crippen molar-refractivity contribution in [3.05, 3.63) is 39.4 Å². The molecule has 0 saturated heterocycles. The summed E-state index contributed by atoms with van der Waals surface area (Å²) in [5.74, 6) is -0.0738.